The van der Waals surface area contributed by atoms with E-state index < -0.39 is 5.56 Å². The number of pyridine rings is 1. The van der Waals surface area contributed by atoms with Crippen LogP contribution in [0.25, 0.3) is 11.5 Å². The Morgan fingerprint density at radius 2 is 1.65 bits per heavy atom. The minimum atomic E-state index is -0.446. The van der Waals surface area contributed by atoms with Gasteiger partial charge < -0.3 is 19.2 Å². The van der Waals surface area contributed by atoms with Gasteiger partial charge in [-0.25, -0.2) is 0 Å². The molecule has 3 heterocycles. The van der Waals surface area contributed by atoms with Crippen molar-refractivity contribution >= 4 is 11.8 Å². The van der Waals surface area contributed by atoms with Crippen LogP contribution in [0.1, 0.15) is 28.8 Å². The first-order valence-electron chi connectivity index (χ1n) is 10.5. The molecule has 0 atom stereocenters. The Morgan fingerprint density at radius 3 is 2.32 bits per heavy atom. The van der Waals surface area contributed by atoms with E-state index in [1.807, 2.05) is 18.2 Å². The molecule has 2 amide bonds. The summed E-state index contributed by atoms with van der Waals surface area (Å²) < 4.78 is 5.28. The molecular weight excluding hydrogens is 394 g/mol. The minimum absolute atomic E-state index is 0.0953. The van der Waals surface area contributed by atoms with Gasteiger partial charge in [0.2, 0.25) is 5.91 Å². The van der Waals surface area contributed by atoms with Gasteiger partial charge in [-0.05, 0) is 42.7 Å². The number of rotatable bonds is 6. The molecule has 1 aliphatic heterocycles. The van der Waals surface area contributed by atoms with E-state index in [1.54, 1.807) is 28.0 Å². The molecule has 0 spiro atoms. The molecule has 3 aromatic rings. The molecule has 7 nitrogen and oxygen atoms in total. The monoisotopic (exact) mass is 419 g/mol. The van der Waals surface area contributed by atoms with E-state index in [4.69, 9.17) is 4.42 Å². The summed E-state index contributed by atoms with van der Waals surface area (Å²) in [7, 11) is 0. The van der Waals surface area contributed by atoms with Crippen molar-refractivity contribution < 1.29 is 14.0 Å². The molecule has 4 rings (SSSR count). The van der Waals surface area contributed by atoms with Crippen LogP contribution in [0.5, 0.6) is 0 Å². The van der Waals surface area contributed by atoms with Crippen LogP contribution in [0.3, 0.4) is 0 Å². The lowest BCUT2D eigenvalue weighted by molar-refractivity contribution is -0.132. The topological polar surface area (TPSA) is 86.6 Å². The number of aromatic amines is 1. The van der Waals surface area contributed by atoms with Crippen LogP contribution in [0.2, 0.25) is 0 Å². The van der Waals surface area contributed by atoms with Crippen LogP contribution in [0, 0.1) is 0 Å². The zero-order chi connectivity index (χ0) is 21.6. The molecule has 31 heavy (non-hydrogen) atoms. The molecule has 1 saturated heterocycles. The lowest BCUT2D eigenvalue weighted by atomic mass is 10.1. The van der Waals surface area contributed by atoms with Gasteiger partial charge in [0.25, 0.3) is 11.5 Å². The van der Waals surface area contributed by atoms with Gasteiger partial charge in [0.05, 0.1) is 12.0 Å². The van der Waals surface area contributed by atoms with Crippen molar-refractivity contribution in [1.82, 2.24) is 14.8 Å². The summed E-state index contributed by atoms with van der Waals surface area (Å²) >= 11 is 0. The summed E-state index contributed by atoms with van der Waals surface area (Å²) in [6, 6.07) is 16.8. The maximum Gasteiger partial charge on any atom is 0.261 e. The normalized spacial score (nSPS) is 13.9. The number of hydrogen-bond acceptors (Lipinski definition) is 4. The maximum absolute atomic E-state index is 12.8. The minimum Gasteiger partial charge on any atom is -0.463 e. The van der Waals surface area contributed by atoms with Crippen molar-refractivity contribution in [1.29, 1.82) is 0 Å². The average molecular weight is 419 g/mol. The third-order valence-corrected chi connectivity index (χ3v) is 5.55. The largest absolute Gasteiger partial charge is 0.463 e. The number of piperazine rings is 1. The molecule has 1 N–H and O–H groups in total. The second-order valence-electron chi connectivity index (χ2n) is 7.60. The molecule has 0 unspecified atom stereocenters. The van der Waals surface area contributed by atoms with Gasteiger partial charge in [-0.3, -0.25) is 14.4 Å². The standard InChI is InChI=1S/C24H25N3O4/c28-22(10-4-8-18-6-2-1-3-7-18)26-13-15-27(16-14-26)24(30)19-11-12-20(25-23(19)29)21-9-5-17-31-21/h1-3,5-7,9,11-12,17H,4,8,10,13-16H2,(H,25,29). The van der Waals surface area contributed by atoms with E-state index in [1.165, 1.54) is 17.9 Å². The number of nitrogens with zero attached hydrogens (tertiary/aromatic N) is 2. The van der Waals surface area contributed by atoms with Crippen LogP contribution in [-0.2, 0) is 11.2 Å². The van der Waals surface area contributed by atoms with Gasteiger partial charge in [0.15, 0.2) is 0 Å². The van der Waals surface area contributed by atoms with E-state index in [0.717, 1.165) is 12.8 Å². The quantitative estimate of drug-likeness (QED) is 0.666. The molecule has 0 saturated carbocycles. The maximum atomic E-state index is 12.8. The Morgan fingerprint density at radius 1 is 0.903 bits per heavy atom. The van der Waals surface area contributed by atoms with Crippen LogP contribution in [0.15, 0.2) is 70.1 Å². The Bertz CT molecular complexity index is 1080. The number of furan rings is 1. The molecule has 2 aromatic heterocycles. The Kier molecular flexibility index (Phi) is 6.31. The highest BCUT2D eigenvalue weighted by Gasteiger charge is 2.26. The summed E-state index contributed by atoms with van der Waals surface area (Å²) in [4.78, 5) is 43.9. The molecule has 1 fully saturated rings. The summed E-state index contributed by atoms with van der Waals surface area (Å²) in [6.45, 7) is 1.81. The third-order valence-electron chi connectivity index (χ3n) is 5.55. The number of hydrogen-bond donors (Lipinski definition) is 1. The first kappa shape index (κ1) is 20.7. The second kappa shape index (κ2) is 9.47. The van der Waals surface area contributed by atoms with Crippen LogP contribution < -0.4 is 5.56 Å². The van der Waals surface area contributed by atoms with Gasteiger partial charge in [-0.1, -0.05) is 30.3 Å². The van der Waals surface area contributed by atoms with Crippen molar-refractivity contribution in [3.63, 3.8) is 0 Å². The molecule has 0 bridgehead atoms. The number of carbonyl (C=O) groups excluding carboxylic acids is 2. The highest BCUT2D eigenvalue weighted by molar-refractivity contribution is 5.94. The fourth-order valence-corrected chi connectivity index (χ4v) is 3.79. The molecule has 0 radical (unpaired) electrons. The Labute approximate surface area is 180 Å². The molecule has 0 aliphatic carbocycles. The predicted octanol–water partition coefficient (Wildman–Crippen LogP) is 2.94. The molecular formula is C24H25N3O4. The van der Waals surface area contributed by atoms with Gasteiger partial charge >= 0.3 is 0 Å². The smallest absolute Gasteiger partial charge is 0.261 e. The first-order valence-corrected chi connectivity index (χ1v) is 10.5. The summed E-state index contributed by atoms with van der Waals surface area (Å²) in [5.74, 6) is 0.336. The number of benzene rings is 1. The summed E-state index contributed by atoms with van der Waals surface area (Å²) in [6.07, 6.45) is 3.70. The fraction of sp³-hybridized carbons (Fsp3) is 0.292. The number of aryl methyl sites for hydroxylation is 1. The van der Waals surface area contributed by atoms with Gasteiger partial charge in [0.1, 0.15) is 11.3 Å². The SMILES string of the molecule is O=C(CCCc1ccccc1)N1CCN(C(=O)c2ccc(-c3ccco3)[nH]c2=O)CC1. The van der Waals surface area contributed by atoms with Crippen LogP contribution in [0.4, 0.5) is 0 Å². The zero-order valence-corrected chi connectivity index (χ0v) is 17.3. The van der Waals surface area contributed by atoms with Crippen molar-refractivity contribution in [3.05, 3.63) is 82.3 Å². The van der Waals surface area contributed by atoms with Gasteiger partial charge in [-0.15, -0.1) is 0 Å². The average Bonchev–Trinajstić information content (AvgIpc) is 3.34. The van der Waals surface area contributed by atoms with E-state index >= 15 is 0 Å². The Hall–Kier alpha value is -3.61. The number of H-pyrrole nitrogens is 1. The summed E-state index contributed by atoms with van der Waals surface area (Å²) in [5, 5.41) is 0. The first-order chi connectivity index (χ1) is 15.1. The lowest BCUT2D eigenvalue weighted by Gasteiger charge is -2.34. The van der Waals surface area contributed by atoms with Gasteiger partial charge in [0, 0.05) is 32.6 Å². The van der Waals surface area contributed by atoms with Crippen molar-refractivity contribution in [2.45, 2.75) is 19.3 Å². The second-order valence-corrected chi connectivity index (χ2v) is 7.60. The molecule has 160 valence electrons. The van der Waals surface area contributed by atoms with Crippen molar-refractivity contribution in [2.24, 2.45) is 0 Å². The number of aromatic nitrogens is 1. The summed E-state index contributed by atoms with van der Waals surface area (Å²) in [5.41, 5.74) is 1.41. The van der Waals surface area contributed by atoms with Crippen LogP contribution in [-0.4, -0.2) is 52.8 Å². The number of amides is 2. The van der Waals surface area contributed by atoms with E-state index in [2.05, 4.69) is 17.1 Å². The van der Waals surface area contributed by atoms with E-state index in [9.17, 15) is 14.4 Å². The lowest BCUT2D eigenvalue weighted by Crippen LogP contribution is -2.51. The number of carbonyl (C=O) groups is 2. The predicted molar refractivity (Wildman–Crippen MR) is 117 cm³/mol. The third kappa shape index (κ3) is 4.94. The van der Waals surface area contributed by atoms with Crippen LogP contribution >= 0.6 is 0 Å². The van der Waals surface area contributed by atoms with E-state index in [0.29, 0.717) is 44.1 Å². The molecule has 1 aromatic carbocycles. The van der Waals surface area contributed by atoms with E-state index in [-0.39, 0.29) is 17.4 Å². The Balaban J connectivity index is 1.28. The van der Waals surface area contributed by atoms with Crippen molar-refractivity contribution in [3.8, 4) is 11.5 Å². The molecule has 1 aliphatic rings. The highest BCUT2D eigenvalue weighted by atomic mass is 16.3. The fourth-order valence-electron chi connectivity index (χ4n) is 3.79. The number of nitrogens with one attached hydrogen (secondary N) is 1. The molecule has 7 heteroatoms. The zero-order valence-electron chi connectivity index (χ0n) is 17.3. The van der Waals surface area contributed by atoms with Gasteiger partial charge in [-0.2, -0.15) is 0 Å². The highest BCUT2D eigenvalue weighted by Crippen LogP contribution is 2.16. The van der Waals surface area contributed by atoms with Crippen molar-refractivity contribution in [2.75, 3.05) is 26.2 Å².